The third-order valence-corrected chi connectivity index (χ3v) is 3.88. The Kier molecular flexibility index (Phi) is 2.49. The van der Waals surface area contributed by atoms with Crippen molar-refractivity contribution in [2.45, 2.75) is 9.60 Å². The van der Waals surface area contributed by atoms with E-state index in [-0.39, 0.29) is 15.7 Å². The van der Waals surface area contributed by atoms with Crippen LogP contribution < -0.4 is 5.43 Å². The molecule has 1 aliphatic heterocycles. The topological polar surface area (TPSA) is 30.2 Å². The van der Waals surface area contributed by atoms with Crippen molar-refractivity contribution in [1.82, 2.24) is 0 Å². The van der Waals surface area contributed by atoms with E-state index < -0.39 is 5.82 Å². The number of fused-ring (bicyclic) bond motifs is 2. The summed E-state index contributed by atoms with van der Waals surface area (Å²) in [7, 11) is 0. The minimum absolute atomic E-state index is 0.166. The largest absolute Gasteiger partial charge is 0.455 e. The first-order valence-electron chi connectivity index (χ1n) is 4.90. The van der Waals surface area contributed by atoms with Gasteiger partial charge in [-0.3, -0.25) is 4.79 Å². The Morgan fingerprint density at radius 1 is 1.41 bits per heavy atom. The molecule has 2 nitrogen and oxygen atoms in total. The van der Waals surface area contributed by atoms with Crippen molar-refractivity contribution >= 4 is 40.4 Å². The fourth-order valence-electron chi connectivity index (χ4n) is 1.70. The molecular formula is C12H6ClFO2S. The third-order valence-electron chi connectivity index (χ3n) is 2.47. The van der Waals surface area contributed by atoms with Crippen LogP contribution >= 0.6 is 23.4 Å². The van der Waals surface area contributed by atoms with Gasteiger partial charge < -0.3 is 4.42 Å². The number of thioether (sulfide) groups is 1. The summed E-state index contributed by atoms with van der Waals surface area (Å²) in [4.78, 5) is 12.6. The van der Waals surface area contributed by atoms with Crippen molar-refractivity contribution in [1.29, 1.82) is 0 Å². The third kappa shape index (κ3) is 1.77. The number of halogens is 2. The predicted molar refractivity (Wildman–Crippen MR) is 67.0 cm³/mol. The van der Waals surface area contributed by atoms with E-state index in [0.717, 1.165) is 0 Å². The number of benzene rings is 1. The highest BCUT2D eigenvalue weighted by Gasteiger charge is 2.19. The van der Waals surface area contributed by atoms with Gasteiger partial charge >= 0.3 is 0 Å². The highest BCUT2D eigenvalue weighted by molar-refractivity contribution is 8.01. The van der Waals surface area contributed by atoms with Gasteiger partial charge in [-0.25, -0.2) is 4.39 Å². The molecule has 2 aromatic rings. The van der Waals surface area contributed by atoms with Crippen molar-refractivity contribution in [3.05, 3.63) is 46.1 Å². The molecule has 0 N–H and O–H groups in total. The van der Waals surface area contributed by atoms with Gasteiger partial charge in [0.05, 0.1) is 5.39 Å². The normalized spacial score (nSPS) is 18.4. The monoisotopic (exact) mass is 268 g/mol. The maximum Gasteiger partial charge on any atom is 0.206 e. The lowest BCUT2D eigenvalue weighted by atomic mass is 10.2. The fourth-order valence-corrected chi connectivity index (χ4v) is 2.87. The Hall–Kier alpha value is -1.26. The zero-order valence-corrected chi connectivity index (χ0v) is 10.0. The van der Waals surface area contributed by atoms with Crippen LogP contribution in [0.3, 0.4) is 0 Å². The molecule has 0 saturated heterocycles. The molecule has 3 rings (SSSR count). The molecule has 1 atom stereocenters. The molecule has 0 fully saturated rings. The van der Waals surface area contributed by atoms with E-state index in [2.05, 4.69) is 0 Å². The van der Waals surface area contributed by atoms with Crippen molar-refractivity contribution < 1.29 is 8.81 Å². The molecule has 1 aromatic heterocycles. The minimum Gasteiger partial charge on any atom is -0.455 e. The van der Waals surface area contributed by atoms with Gasteiger partial charge in [0.15, 0.2) is 0 Å². The molecular weight excluding hydrogens is 263 g/mol. The fraction of sp³-hybridized carbons (Fsp3) is 0.0833. The summed E-state index contributed by atoms with van der Waals surface area (Å²) in [6, 6.07) is 3.88. The van der Waals surface area contributed by atoms with Crippen molar-refractivity contribution in [2.24, 2.45) is 0 Å². The molecule has 5 heteroatoms. The SMILES string of the molecule is O=c1c2c(oc3cc(F)ccc13)C=CC(Cl)S2. The van der Waals surface area contributed by atoms with Gasteiger partial charge in [-0.1, -0.05) is 17.8 Å². The van der Waals surface area contributed by atoms with Crippen LogP contribution in [0.1, 0.15) is 5.76 Å². The van der Waals surface area contributed by atoms with Crippen LogP contribution in [-0.2, 0) is 0 Å². The summed E-state index contributed by atoms with van der Waals surface area (Å²) >= 11 is 7.16. The van der Waals surface area contributed by atoms with Gasteiger partial charge in [0.2, 0.25) is 5.43 Å². The van der Waals surface area contributed by atoms with Crippen molar-refractivity contribution in [3.63, 3.8) is 0 Å². The van der Waals surface area contributed by atoms with Gasteiger partial charge in [0, 0.05) is 6.07 Å². The molecule has 2 heterocycles. The number of rotatable bonds is 0. The van der Waals surface area contributed by atoms with Crippen molar-refractivity contribution in [3.8, 4) is 0 Å². The highest BCUT2D eigenvalue weighted by Crippen LogP contribution is 2.34. The predicted octanol–water partition coefficient (Wildman–Crippen LogP) is 3.62. The molecule has 0 saturated carbocycles. The molecule has 1 aliphatic rings. The van der Waals surface area contributed by atoms with E-state index in [9.17, 15) is 9.18 Å². The maximum atomic E-state index is 13.1. The van der Waals surface area contributed by atoms with Crippen LogP contribution in [0.15, 0.2) is 38.4 Å². The zero-order valence-electron chi connectivity index (χ0n) is 8.44. The summed E-state index contributed by atoms with van der Waals surface area (Å²) < 4.78 is 18.3. The lowest BCUT2D eigenvalue weighted by Crippen LogP contribution is -2.10. The van der Waals surface area contributed by atoms with E-state index in [1.807, 2.05) is 0 Å². The average Bonchev–Trinajstić information content (AvgIpc) is 2.30. The van der Waals surface area contributed by atoms with E-state index in [1.54, 1.807) is 12.2 Å². The standard InChI is InChI=1S/C12H6ClFO2S/c13-10-4-3-8-12(17-10)11(15)7-2-1-6(14)5-9(7)16-8/h1-5,10H. The van der Waals surface area contributed by atoms with Crippen LogP contribution in [-0.4, -0.2) is 4.71 Å². The summed E-state index contributed by atoms with van der Waals surface area (Å²) in [5.41, 5.74) is 0.0910. The van der Waals surface area contributed by atoms with Crippen LogP contribution in [0.5, 0.6) is 0 Å². The first-order valence-corrected chi connectivity index (χ1v) is 6.22. The Balaban J connectivity index is 2.38. The smallest absolute Gasteiger partial charge is 0.206 e. The van der Waals surface area contributed by atoms with E-state index in [4.69, 9.17) is 16.0 Å². The number of hydrogen-bond donors (Lipinski definition) is 0. The zero-order chi connectivity index (χ0) is 12.0. The van der Waals surface area contributed by atoms with Gasteiger partial charge in [-0.2, -0.15) is 0 Å². The molecule has 0 bridgehead atoms. The minimum atomic E-state index is -0.428. The second-order valence-corrected chi connectivity index (χ2v) is 5.47. The van der Waals surface area contributed by atoms with Crippen molar-refractivity contribution in [2.75, 3.05) is 0 Å². The van der Waals surface area contributed by atoms with Gasteiger partial charge in [0.25, 0.3) is 0 Å². The second kappa shape index (κ2) is 3.89. The van der Waals surface area contributed by atoms with Crippen LogP contribution in [0, 0.1) is 5.82 Å². The Morgan fingerprint density at radius 2 is 2.24 bits per heavy atom. The molecule has 1 unspecified atom stereocenters. The Morgan fingerprint density at radius 3 is 3.06 bits per heavy atom. The summed E-state index contributed by atoms with van der Waals surface area (Å²) in [6.07, 6.45) is 3.37. The first kappa shape index (κ1) is 10.9. The summed E-state index contributed by atoms with van der Waals surface area (Å²) in [6.45, 7) is 0. The van der Waals surface area contributed by atoms with E-state index in [0.29, 0.717) is 16.0 Å². The van der Waals surface area contributed by atoms with Crippen LogP contribution in [0.4, 0.5) is 4.39 Å². The first-order chi connectivity index (χ1) is 8.15. The lowest BCUT2D eigenvalue weighted by Gasteiger charge is -2.12. The van der Waals surface area contributed by atoms with Gasteiger partial charge in [0.1, 0.15) is 26.8 Å². The van der Waals surface area contributed by atoms with Crippen LogP contribution in [0.25, 0.3) is 17.0 Å². The molecule has 1 aromatic carbocycles. The molecule has 0 spiro atoms. The Labute approximate surface area is 105 Å². The maximum absolute atomic E-state index is 13.1. The van der Waals surface area contributed by atoms with Gasteiger partial charge in [-0.05, 0) is 18.2 Å². The average molecular weight is 269 g/mol. The summed E-state index contributed by atoms with van der Waals surface area (Å²) in [5.74, 6) is 0.0123. The molecule has 17 heavy (non-hydrogen) atoms. The molecule has 0 radical (unpaired) electrons. The van der Waals surface area contributed by atoms with Crippen LogP contribution in [0.2, 0.25) is 0 Å². The Bertz CT molecular complexity index is 693. The lowest BCUT2D eigenvalue weighted by molar-refractivity contribution is 0.565. The summed E-state index contributed by atoms with van der Waals surface area (Å²) in [5, 5.41) is 0.372. The van der Waals surface area contributed by atoms with E-state index in [1.165, 1.54) is 30.0 Å². The van der Waals surface area contributed by atoms with Gasteiger partial charge in [-0.15, -0.1) is 11.6 Å². The molecule has 0 amide bonds. The molecule has 86 valence electrons. The highest BCUT2D eigenvalue weighted by atomic mass is 35.5. The van der Waals surface area contributed by atoms with E-state index >= 15 is 0 Å². The quantitative estimate of drug-likeness (QED) is 0.684. The second-order valence-electron chi connectivity index (χ2n) is 3.59. The number of hydrogen-bond acceptors (Lipinski definition) is 3. The number of alkyl halides is 1. The molecule has 0 aliphatic carbocycles.